The van der Waals surface area contributed by atoms with Crippen LogP contribution in [0, 0.1) is 13.8 Å². The van der Waals surface area contributed by atoms with Gasteiger partial charge in [-0.3, -0.25) is 9.69 Å². The van der Waals surface area contributed by atoms with Gasteiger partial charge in [-0.25, -0.2) is 9.79 Å². The van der Waals surface area contributed by atoms with Gasteiger partial charge in [0.05, 0.1) is 0 Å². The maximum Gasteiger partial charge on any atom is 0.328 e. The summed E-state index contributed by atoms with van der Waals surface area (Å²) in [5.74, 6) is 0.534. The first kappa shape index (κ1) is 17.8. The van der Waals surface area contributed by atoms with Crippen LogP contribution in [-0.2, 0) is 4.79 Å². The van der Waals surface area contributed by atoms with Gasteiger partial charge in [0.15, 0.2) is 12.2 Å². The van der Waals surface area contributed by atoms with Crippen LogP contribution in [0.1, 0.15) is 17.5 Å². The highest BCUT2D eigenvalue weighted by molar-refractivity contribution is 6.08. The maximum absolute atomic E-state index is 13.0. The Balaban J connectivity index is 1.65. The molecule has 8 nitrogen and oxygen atoms in total. The predicted octanol–water partition coefficient (Wildman–Crippen LogP) is 0.766. The molecule has 1 aromatic carbocycles. The first-order valence-corrected chi connectivity index (χ1v) is 9.32. The van der Waals surface area contributed by atoms with Gasteiger partial charge in [0.1, 0.15) is 0 Å². The van der Waals surface area contributed by atoms with E-state index in [1.54, 1.807) is 7.05 Å². The Morgan fingerprint density at radius 1 is 1.22 bits per heavy atom. The number of nitrogens with zero attached hydrogens (tertiary/aromatic N) is 5. The Kier molecular flexibility index (Phi) is 4.30. The van der Waals surface area contributed by atoms with E-state index in [0.717, 1.165) is 23.8 Å². The summed E-state index contributed by atoms with van der Waals surface area (Å²) < 4.78 is 0. The first-order valence-electron chi connectivity index (χ1n) is 9.32. The summed E-state index contributed by atoms with van der Waals surface area (Å²) in [5, 5.41) is 9.08. The molecule has 3 heterocycles. The van der Waals surface area contributed by atoms with Crippen molar-refractivity contribution in [1.29, 1.82) is 0 Å². The molecule has 2 atom stereocenters. The van der Waals surface area contributed by atoms with Gasteiger partial charge in [-0.1, -0.05) is 17.7 Å². The number of aryl methyl sites for hydroxylation is 2. The van der Waals surface area contributed by atoms with Crippen LogP contribution in [-0.4, -0.2) is 83.2 Å². The fourth-order valence-electron chi connectivity index (χ4n) is 4.21. The number of benzene rings is 1. The topological polar surface area (TPSA) is 79.7 Å². The summed E-state index contributed by atoms with van der Waals surface area (Å²) in [6.07, 6.45) is -0.121. The van der Waals surface area contributed by atoms with Crippen molar-refractivity contribution in [3.05, 3.63) is 29.3 Å². The van der Waals surface area contributed by atoms with Crippen LogP contribution in [0.5, 0.6) is 0 Å². The molecular weight excluding hydrogens is 346 g/mol. The highest BCUT2D eigenvalue weighted by Crippen LogP contribution is 2.34. The smallest absolute Gasteiger partial charge is 0.328 e. The molecule has 3 amide bonds. The molecule has 1 aromatic rings. The largest absolute Gasteiger partial charge is 0.396 e. The molecular formula is C19H25N5O3. The first-order chi connectivity index (χ1) is 12.9. The van der Waals surface area contributed by atoms with Gasteiger partial charge in [-0.15, -0.1) is 0 Å². The van der Waals surface area contributed by atoms with E-state index in [0.29, 0.717) is 13.0 Å². The number of urea groups is 1. The standard InChI is InChI=1S/C19H25N5O3/c1-12-5-6-14(13(2)11-12)22-8-9-23-15-16(20-18(22)23)21(3)19(27)24(17(15)26)7-4-10-25/h5-6,11,15-16,25H,4,7-10H2,1-3H3. The van der Waals surface area contributed by atoms with Crippen LogP contribution >= 0.6 is 0 Å². The molecule has 2 fully saturated rings. The number of amides is 3. The van der Waals surface area contributed by atoms with Gasteiger partial charge >= 0.3 is 6.03 Å². The summed E-state index contributed by atoms with van der Waals surface area (Å²) >= 11 is 0. The number of likely N-dealkylation sites (N-methyl/N-ethyl adjacent to an activating group) is 1. The third kappa shape index (κ3) is 2.66. The number of hydrogen-bond acceptors (Lipinski definition) is 6. The monoisotopic (exact) mass is 371 g/mol. The van der Waals surface area contributed by atoms with Crippen LogP contribution in [0.15, 0.2) is 23.2 Å². The molecule has 3 aliphatic rings. The lowest BCUT2D eigenvalue weighted by molar-refractivity contribution is -0.137. The fraction of sp³-hybridized carbons (Fsp3) is 0.526. The average Bonchev–Trinajstić information content (AvgIpc) is 3.19. The van der Waals surface area contributed by atoms with Crippen molar-refractivity contribution in [3.8, 4) is 0 Å². The molecule has 4 rings (SSSR count). The van der Waals surface area contributed by atoms with Crippen molar-refractivity contribution >= 4 is 23.6 Å². The number of hydrogen-bond donors (Lipinski definition) is 1. The summed E-state index contributed by atoms with van der Waals surface area (Å²) in [6.45, 7) is 5.76. The van der Waals surface area contributed by atoms with E-state index in [1.165, 1.54) is 15.4 Å². The highest BCUT2D eigenvalue weighted by Gasteiger charge is 2.54. The molecule has 0 spiro atoms. The molecule has 27 heavy (non-hydrogen) atoms. The molecule has 3 aliphatic heterocycles. The minimum absolute atomic E-state index is 0.0547. The quantitative estimate of drug-likeness (QED) is 0.846. The molecule has 144 valence electrons. The number of rotatable bonds is 4. The van der Waals surface area contributed by atoms with Crippen LogP contribution in [0.2, 0.25) is 0 Å². The Labute approximate surface area is 158 Å². The van der Waals surface area contributed by atoms with Gasteiger partial charge in [0.2, 0.25) is 5.96 Å². The van der Waals surface area contributed by atoms with E-state index in [4.69, 9.17) is 10.1 Å². The van der Waals surface area contributed by atoms with Crippen LogP contribution < -0.4 is 4.90 Å². The van der Waals surface area contributed by atoms with Crippen molar-refractivity contribution in [2.24, 2.45) is 4.99 Å². The number of aliphatic imine (C=N–C) groups is 1. The van der Waals surface area contributed by atoms with E-state index in [2.05, 4.69) is 36.9 Å². The Hall–Kier alpha value is -2.61. The van der Waals surface area contributed by atoms with Crippen molar-refractivity contribution in [3.63, 3.8) is 0 Å². The molecule has 0 radical (unpaired) electrons. The Morgan fingerprint density at radius 3 is 2.70 bits per heavy atom. The fourth-order valence-corrected chi connectivity index (χ4v) is 4.21. The van der Waals surface area contributed by atoms with Gasteiger partial charge < -0.3 is 19.8 Å². The number of carbonyl (C=O) groups excluding carboxylic acids is 2. The van der Waals surface area contributed by atoms with E-state index in [1.807, 2.05) is 4.90 Å². The maximum atomic E-state index is 13.0. The van der Waals surface area contributed by atoms with Gasteiger partial charge in [0.25, 0.3) is 5.91 Å². The van der Waals surface area contributed by atoms with Gasteiger partial charge in [-0.05, 0) is 31.9 Å². The molecule has 1 N–H and O–H groups in total. The summed E-state index contributed by atoms with van der Waals surface area (Å²) in [6, 6.07) is 5.46. The van der Waals surface area contributed by atoms with Gasteiger partial charge in [0, 0.05) is 39.0 Å². The molecule has 0 bridgehead atoms. The second-order valence-electron chi connectivity index (χ2n) is 7.38. The molecule has 8 heteroatoms. The number of fused-ring (bicyclic) bond motifs is 3. The third-order valence-electron chi connectivity index (χ3n) is 5.56. The zero-order valence-corrected chi connectivity index (χ0v) is 15.9. The Morgan fingerprint density at radius 2 is 2.00 bits per heavy atom. The number of imide groups is 1. The molecule has 0 aromatic heterocycles. The number of carbonyl (C=O) groups is 2. The number of anilines is 1. The number of guanidine groups is 1. The van der Waals surface area contributed by atoms with E-state index in [-0.39, 0.29) is 25.1 Å². The van der Waals surface area contributed by atoms with Crippen molar-refractivity contribution in [1.82, 2.24) is 14.7 Å². The normalized spacial score (nSPS) is 24.5. The molecule has 0 saturated carbocycles. The number of aliphatic hydroxyl groups excluding tert-OH is 1. The molecule has 2 saturated heterocycles. The van der Waals surface area contributed by atoms with Crippen LogP contribution in [0.4, 0.5) is 10.5 Å². The molecule has 2 unspecified atom stereocenters. The lowest BCUT2D eigenvalue weighted by Crippen LogP contribution is -2.64. The van der Waals surface area contributed by atoms with Crippen molar-refractivity contribution in [2.75, 3.05) is 38.2 Å². The van der Waals surface area contributed by atoms with Gasteiger partial charge in [-0.2, -0.15) is 0 Å². The summed E-state index contributed by atoms with van der Waals surface area (Å²) in [4.78, 5) is 37.3. The van der Waals surface area contributed by atoms with Crippen molar-refractivity contribution in [2.45, 2.75) is 32.5 Å². The average molecular weight is 371 g/mol. The minimum atomic E-state index is -0.501. The minimum Gasteiger partial charge on any atom is -0.396 e. The van der Waals surface area contributed by atoms with Crippen molar-refractivity contribution < 1.29 is 14.7 Å². The third-order valence-corrected chi connectivity index (χ3v) is 5.56. The van der Waals surface area contributed by atoms with E-state index >= 15 is 0 Å². The van der Waals surface area contributed by atoms with Crippen LogP contribution in [0.3, 0.4) is 0 Å². The summed E-state index contributed by atoms with van der Waals surface area (Å²) in [5.41, 5.74) is 3.45. The number of aliphatic hydroxyl groups is 1. The summed E-state index contributed by atoms with van der Waals surface area (Å²) in [7, 11) is 1.69. The highest BCUT2D eigenvalue weighted by atomic mass is 16.3. The molecule has 0 aliphatic carbocycles. The SMILES string of the molecule is Cc1ccc(N2CCN3C2=NC2C3C(=O)N(CCCO)C(=O)N2C)c(C)c1. The van der Waals surface area contributed by atoms with E-state index in [9.17, 15) is 9.59 Å². The Bertz CT molecular complexity index is 824. The zero-order chi connectivity index (χ0) is 19.3. The second-order valence-corrected chi connectivity index (χ2v) is 7.38. The predicted molar refractivity (Wildman–Crippen MR) is 102 cm³/mol. The zero-order valence-electron chi connectivity index (χ0n) is 15.9. The lowest BCUT2D eigenvalue weighted by atomic mass is 10.1. The lowest BCUT2D eigenvalue weighted by Gasteiger charge is -2.40. The van der Waals surface area contributed by atoms with E-state index < -0.39 is 12.2 Å². The van der Waals surface area contributed by atoms with Crippen LogP contribution in [0.25, 0.3) is 0 Å². The second kappa shape index (κ2) is 6.53.